The van der Waals surface area contributed by atoms with E-state index in [2.05, 4.69) is 25.6 Å². The lowest BCUT2D eigenvalue weighted by molar-refractivity contribution is -0.146. The molecule has 0 unspecified atom stereocenters. The normalized spacial score (nSPS) is 15.8. The van der Waals surface area contributed by atoms with Gasteiger partial charge < -0.3 is 34.1 Å². The Kier molecular flexibility index (Phi) is 10.5. The molecule has 288 valence electrons. The number of carbonyl (C=O) groups is 4. The number of carbonyl (C=O) groups excluding carboxylic acids is 3. The summed E-state index contributed by atoms with van der Waals surface area (Å²) in [5.74, 6) is -1.94. The molecule has 57 heavy (non-hydrogen) atoms. The average Bonchev–Trinajstić information content (AvgIpc) is 3.95. The molecule has 15 heteroatoms. The van der Waals surface area contributed by atoms with Crippen LogP contribution in [0.5, 0.6) is 0 Å². The van der Waals surface area contributed by atoms with E-state index in [0.717, 1.165) is 38.3 Å². The number of aromatic nitrogens is 4. The molecule has 0 spiro atoms. The number of hydrogen-bond acceptors (Lipinski definition) is 10. The maximum absolute atomic E-state index is 13.9. The van der Waals surface area contributed by atoms with E-state index in [4.69, 9.17) is 14.2 Å². The smallest absolute Gasteiger partial charge is 0.413 e. The second-order valence-corrected chi connectivity index (χ2v) is 13.6. The Hall–Kier alpha value is -7.13. The largest absolute Gasteiger partial charge is 0.480 e. The molecule has 2 aromatic heterocycles. The highest BCUT2D eigenvalue weighted by Gasteiger charge is 2.39. The molecule has 1 saturated heterocycles. The Balaban J connectivity index is 0.934. The van der Waals surface area contributed by atoms with Crippen molar-refractivity contribution in [3.8, 4) is 11.1 Å². The number of nitrogens with zero attached hydrogens (tertiary/aromatic N) is 5. The fraction of sp³-hybridized carbons (Fsp3) is 0.214. The fourth-order valence-corrected chi connectivity index (χ4v) is 7.46. The lowest BCUT2D eigenvalue weighted by atomic mass is 9.98. The first-order valence-corrected chi connectivity index (χ1v) is 18.3. The van der Waals surface area contributed by atoms with Crippen LogP contribution < -0.4 is 10.6 Å². The van der Waals surface area contributed by atoms with Crippen LogP contribution in [0.4, 0.5) is 15.4 Å². The quantitative estimate of drug-likeness (QED) is 0.145. The van der Waals surface area contributed by atoms with Gasteiger partial charge in [0.15, 0.2) is 23.1 Å². The van der Waals surface area contributed by atoms with Gasteiger partial charge in [0.2, 0.25) is 5.91 Å². The standard InChI is InChI=1S/C42H37N7O8/c50-35(19-48-25-45-37-39(43-24-44-40(37)48)47-42(54)57-38(26-11-3-1-4-12-26)27-13-5-2-6-14-27)49(20-36(51)52)34-23-55-22-33(34)46-41(53)56-21-32-30-17-9-7-15-28(30)29-16-8-10-18-31(29)32/h1-18,24-25,32-34,38H,19-23H2,(H,46,53)(H,51,52)(H,43,44,47,54)/t33-,34-/m0/s1. The van der Waals surface area contributed by atoms with E-state index < -0.39 is 48.8 Å². The number of carboxylic acid groups (broad SMARTS) is 1. The highest BCUT2D eigenvalue weighted by atomic mass is 16.6. The van der Waals surface area contributed by atoms with Gasteiger partial charge in [0, 0.05) is 5.92 Å². The van der Waals surface area contributed by atoms with Crippen molar-refractivity contribution in [2.45, 2.75) is 30.7 Å². The van der Waals surface area contributed by atoms with Crippen molar-refractivity contribution < 1.29 is 38.5 Å². The monoisotopic (exact) mass is 767 g/mol. The summed E-state index contributed by atoms with van der Waals surface area (Å²) in [4.78, 5) is 66.3. The van der Waals surface area contributed by atoms with Crippen molar-refractivity contribution in [1.82, 2.24) is 29.7 Å². The lowest BCUT2D eigenvalue weighted by Crippen LogP contribution is -2.55. The van der Waals surface area contributed by atoms with Crippen LogP contribution >= 0.6 is 0 Å². The van der Waals surface area contributed by atoms with E-state index in [9.17, 15) is 24.3 Å². The minimum Gasteiger partial charge on any atom is -0.480 e. The van der Waals surface area contributed by atoms with Gasteiger partial charge in [0.05, 0.1) is 31.6 Å². The van der Waals surface area contributed by atoms with Gasteiger partial charge in [-0.1, -0.05) is 109 Å². The molecular formula is C42H37N7O8. The number of benzene rings is 4. The Morgan fingerprint density at radius 2 is 1.44 bits per heavy atom. The van der Waals surface area contributed by atoms with E-state index in [0.29, 0.717) is 0 Å². The van der Waals surface area contributed by atoms with Crippen molar-refractivity contribution in [1.29, 1.82) is 0 Å². The first-order valence-electron chi connectivity index (χ1n) is 18.3. The molecule has 3 N–H and O–H groups in total. The van der Waals surface area contributed by atoms with Gasteiger partial charge in [0.25, 0.3) is 0 Å². The van der Waals surface area contributed by atoms with Gasteiger partial charge in [-0.15, -0.1) is 0 Å². The van der Waals surface area contributed by atoms with E-state index >= 15 is 0 Å². The zero-order valence-electron chi connectivity index (χ0n) is 30.4. The average molecular weight is 768 g/mol. The van der Waals surface area contributed by atoms with Gasteiger partial charge in [-0.25, -0.2) is 24.5 Å². The lowest BCUT2D eigenvalue weighted by Gasteiger charge is -2.31. The fourth-order valence-electron chi connectivity index (χ4n) is 7.46. The molecule has 8 rings (SSSR count). The van der Waals surface area contributed by atoms with E-state index in [1.54, 1.807) is 0 Å². The second kappa shape index (κ2) is 16.3. The third-order valence-corrected chi connectivity index (χ3v) is 10.1. The zero-order chi connectivity index (χ0) is 39.3. The molecule has 0 saturated carbocycles. The van der Waals surface area contributed by atoms with Crippen LogP contribution in [0.15, 0.2) is 122 Å². The summed E-state index contributed by atoms with van der Waals surface area (Å²) in [5, 5.41) is 15.3. The Morgan fingerprint density at radius 1 is 0.807 bits per heavy atom. The van der Waals surface area contributed by atoms with Crippen LogP contribution in [0.2, 0.25) is 0 Å². The molecule has 1 aliphatic heterocycles. The highest BCUT2D eigenvalue weighted by molar-refractivity contribution is 5.94. The summed E-state index contributed by atoms with van der Waals surface area (Å²) in [6.07, 6.45) is 0.348. The molecule has 2 atom stereocenters. The molecule has 4 aromatic carbocycles. The number of alkyl carbamates (subject to hydrolysis) is 1. The third-order valence-electron chi connectivity index (χ3n) is 10.1. The Labute approximate surface area is 326 Å². The Bertz CT molecular complexity index is 2340. The maximum atomic E-state index is 13.9. The van der Waals surface area contributed by atoms with Crippen LogP contribution in [-0.4, -0.2) is 92.0 Å². The number of aliphatic carboxylic acids is 1. The topological polar surface area (TPSA) is 187 Å². The predicted molar refractivity (Wildman–Crippen MR) is 206 cm³/mol. The summed E-state index contributed by atoms with van der Waals surface area (Å²) in [5.41, 5.74) is 6.24. The maximum Gasteiger partial charge on any atom is 0.413 e. The molecule has 0 radical (unpaired) electrons. The van der Waals surface area contributed by atoms with Crippen molar-refractivity contribution in [2.75, 3.05) is 31.7 Å². The van der Waals surface area contributed by atoms with Crippen molar-refractivity contribution in [2.24, 2.45) is 0 Å². The number of hydrogen-bond donors (Lipinski definition) is 3. The number of imidazole rings is 1. The van der Waals surface area contributed by atoms with E-state index in [1.165, 1.54) is 17.2 Å². The van der Waals surface area contributed by atoms with E-state index in [-0.39, 0.29) is 49.3 Å². The van der Waals surface area contributed by atoms with Crippen LogP contribution in [0, 0.1) is 0 Å². The summed E-state index contributed by atoms with van der Waals surface area (Å²) in [6, 6.07) is 33.0. The van der Waals surface area contributed by atoms with Crippen LogP contribution in [0.25, 0.3) is 22.3 Å². The second-order valence-electron chi connectivity index (χ2n) is 13.6. The third kappa shape index (κ3) is 7.86. The highest BCUT2D eigenvalue weighted by Crippen LogP contribution is 2.44. The number of carboxylic acids is 1. The van der Waals surface area contributed by atoms with Crippen LogP contribution in [0.1, 0.15) is 34.3 Å². The minimum absolute atomic E-state index is 0.0106. The van der Waals surface area contributed by atoms with Crippen LogP contribution in [0.3, 0.4) is 0 Å². The first kappa shape index (κ1) is 36.8. The van der Waals surface area contributed by atoms with E-state index in [1.807, 2.05) is 109 Å². The van der Waals surface area contributed by atoms with Crippen LogP contribution in [-0.2, 0) is 30.3 Å². The summed E-state index contributed by atoms with van der Waals surface area (Å²) < 4.78 is 18.7. The van der Waals surface area contributed by atoms with Gasteiger partial charge in [-0.2, -0.15) is 0 Å². The zero-order valence-corrected chi connectivity index (χ0v) is 30.4. The summed E-state index contributed by atoms with van der Waals surface area (Å²) >= 11 is 0. The summed E-state index contributed by atoms with van der Waals surface area (Å²) in [6.45, 7) is -0.896. The minimum atomic E-state index is -1.25. The molecule has 3 heterocycles. The number of fused-ring (bicyclic) bond motifs is 4. The van der Waals surface area contributed by atoms with Gasteiger partial charge in [-0.05, 0) is 33.4 Å². The molecule has 1 aliphatic carbocycles. The molecule has 1 fully saturated rings. The molecule has 6 aromatic rings. The predicted octanol–water partition coefficient (Wildman–Crippen LogP) is 5.38. The molecule has 15 nitrogen and oxygen atoms in total. The van der Waals surface area contributed by atoms with Crippen molar-refractivity contribution in [3.05, 3.63) is 144 Å². The molecule has 0 bridgehead atoms. The van der Waals surface area contributed by atoms with Gasteiger partial charge in [0.1, 0.15) is 26.0 Å². The number of amides is 3. The SMILES string of the molecule is O=C(O)CN(C(=O)Cn1cnc2c(NC(=O)OC(c3ccccc3)c3ccccc3)ncnc21)[C@H]1COC[C@@H]1NC(=O)OCC1c2ccccc2-c2ccccc21. The number of ether oxygens (including phenoxy) is 3. The van der Waals surface area contributed by atoms with Gasteiger partial charge in [-0.3, -0.25) is 14.9 Å². The summed E-state index contributed by atoms with van der Waals surface area (Å²) in [7, 11) is 0. The Morgan fingerprint density at radius 3 is 2.09 bits per heavy atom. The number of anilines is 1. The van der Waals surface area contributed by atoms with Crippen molar-refractivity contribution in [3.63, 3.8) is 0 Å². The number of nitrogens with one attached hydrogen (secondary N) is 2. The number of rotatable bonds is 12. The molecule has 3 amide bonds. The molecular weight excluding hydrogens is 731 g/mol. The molecule has 2 aliphatic rings. The first-order chi connectivity index (χ1) is 27.8. The van der Waals surface area contributed by atoms with Gasteiger partial charge >= 0.3 is 18.2 Å². The van der Waals surface area contributed by atoms with Crippen molar-refractivity contribution >= 4 is 41.0 Å².